The molecule has 0 aliphatic carbocycles. The molecule has 8 N–H and O–H groups in total. The summed E-state index contributed by atoms with van der Waals surface area (Å²) in [5, 5.41) is 34.7. The van der Waals surface area contributed by atoms with Crippen molar-refractivity contribution in [2.45, 2.75) is 6.92 Å². The zero-order valence-corrected chi connectivity index (χ0v) is 8.47. The van der Waals surface area contributed by atoms with Gasteiger partial charge in [0.05, 0.1) is 0 Å². The smallest absolute Gasteiger partial charge is 0.426 e. The molecule has 16 heavy (non-hydrogen) atoms. The summed E-state index contributed by atoms with van der Waals surface area (Å²) in [5.41, 5.74) is 0. The summed E-state index contributed by atoms with van der Waals surface area (Å²) in [6, 6.07) is 0. The first-order chi connectivity index (χ1) is 7.07. The Morgan fingerprint density at radius 3 is 0.750 bits per heavy atom. The van der Waals surface area contributed by atoms with Crippen LogP contribution < -0.4 is 6.15 Å². The average Bonchev–Trinajstić information content (AvgIpc) is 2.09. The van der Waals surface area contributed by atoms with Gasteiger partial charge in [-0.2, -0.15) is 0 Å². The first-order valence-corrected chi connectivity index (χ1v) is 2.93. The number of halogens is 4. The molecule has 0 aromatic rings. The Hall–Kier alpha value is -0.260. The summed E-state index contributed by atoms with van der Waals surface area (Å²) >= 11 is 0. The van der Waals surface area contributed by atoms with E-state index in [1.807, 2.05) is 0 Å². The number of aliphatic hydroxyl groups is 1. The highest BCUT2D eigenvalue weighted by Crippen LogP contribution is 1.34. The lowest BCUT2D eigenvalue weighted by atomic mass is 10.5. The van der Waals surface area contributed by atoms with Gasteiger partial charge >= 0.3 is 31.0 Å². The number of hydrogen-bond acceptors (Lipinski definition) is 6. The van der Waals surface area contributed by atoms with Crippen LogP contribution in [-0.2, 0) is 0 Å². The number of hydrogen-bond donors (Lipinski definition) is 6. The second-order valence-corrected chi connectivity index (χ2v) is 0.707. The van der Waals surface area contributed by atoms with E-state index >= 15 is 0 Å². The lowest BCUT2D eigenvalue weighted by Gasteiger charge is -1.52. The minimum absolute atomic E-state index is 0. The van der Waals surface area contributed by atoms with Crippen LogP contribution in [0.15, 0.2) is 0 Å². The van der Waals surface area contributed by atoms with Crippen LogP contribution >= 0.6 is 0 Å². The second-order valence-electron chi connectivity index (χ2n) is 0.707. The quantitative estimate of drug-likeness (QED) is 0.219. The molecule has 0 saturated carbocycles. The van der Waals surface area contributed by atoms with E-state index < -0.39 is 31.0 Å². The monoisotopic (exact) mass is 251 g/mol. The highest BCUT2D eigenvalue weighted by atomic mass is 19.1. The van der Waals surface area contributed by atoms with Crippen molar-refractivity contribution in [3.63, 3.8) is 0 Å². The zero-order valence-electron chi connectivity index (χ0n) is 8.47. The lowest BCUT2D eigenvalue weighted by Crippen LogP contribution is -1.62. The predicted octanol–water partition coefficient (Wildman–Crippen LogP) is -1.91. The Kier molecular flexibility index (Phi) is 279. The first kappa shape index (κ1) is 36.0. The Morgan fingerprint density at radius 2 is 0.750 bits per heavy atom. The Labute approximate surface area is 94.2 Å². The van der Waals surface area contributed by atoms with Gasteiger partial charge in [-0.05, 0) is 6.92 Å². The normalized spacial score (nSPS) is 4.62. The van der Waals surface area contributed by atoms with Gasteiger partial charge in [0, 0.05) is 6.61 Å². The Morgan fingerprint density at radius 1 is 0.750 bits per heavy atom. The average molecular weight is 250 g/mol. The van der Waals surface area contributed by atoms with E-state index in [1.54, 1.807) is 6.92 Å². The van der Waals surface area contributed by atoms with Crippen molar-refractivity contribution in [2.75, 3.05) is 6.61 Å². The van der Waals surface area contributed by atoms with Crippen LogP contribution in [0.2, 0.25) is 0 Å². The van der Waals surface area contributed by atoms with Crippen molar-refractivity contribution < 1.29 is 42.5 Å². The fourth-order valence-corrected chi connectivity index (χ4v) is 0. The van der Waals surface area contributed by atoms with Gasteiger partial charge in [-0.3, -0.25) is 17.3 Å². The van der Waals surface area contributed by atoms with Crippen molar-refractivity contribution in [3.8, 4) is 0 Å². The highest BCUT2D eigenvalue weighted by molar-refractivity contribution is 6.15. The highest BCUT2D eigenvalue weighted by Gasteiger charge is 1.58. The van der Waals surface area contributed by atoms with Gasteiger partial charge in [-0.25, -0.2) is 0 Å². The molecule has 4 radical (unpaired) electrons. The van der Waals surface area contributed by atoms with Crippen LogP contribution in [-0.4, -0.2) is 62.8 Å². The third-order valence-electron chi connectivity index (χ3n) is 0. The fourth-order valence-electron chi connectivity index (χ4n) is 0. The molecule has 0 amide bonds. The molecule has 0 fully saturated rings. The summed E-state index contributed by atoms with van der Waals surface area (Å²) in [6.45, 7) is 1.93. The number of rotatable bonds is 0. The van der Waals surface area contributed by atoms with Crippen molar-refractivity contribution in [3.05, 3.63) is 0 Å². The maximum absolute atomic E-state index is 9.72. The summed E-state index contributed by atoms with van der Waals surface area (Å²) in [7, 11) is -2.00. The molecule has 6 nitrogen and oxygen atoms in total. The van der Waals surface area contributed by atoms with Gasteiger partial charge in [0.1, 0.15) is 0 Å². The van der Waals surface area contributed by atoms with Crippen LogP contribution in [0.5, 0.6) is 0 Å². The standard InChI is InChI=1S/C2H6O.4BFHO.H3N/c1-2-3;4*2-1-3;/h3H,2H2,1H3;4*3H;1H3. The minimum atomic E-state index is -0.500. The molecule has 14 heteroatoms. The van der Waals surface area contributed by atoms with Gasteiger partial charge in [0.25, 0.3) is 0 Å². The van der Waals surface area contributed by atoms with Crippen LogP contribution in [0.4, 0.5) is 17.3 Å². The molecule has 0 aromatic carbocycles. The molecular formula is C2H13B4F4NO5. The van der Waals surface area contributed by atoms with E-state index in [4.69, 9.17) is 25.2 Å². The van der Waals surface area contributed by atoms with E-state index in [1.165, 1.54) is 0 Å². The van der Waals surface area contributed by atoms with Crippen molar-refractivity contribution in [2.24, 2.45) is 0 Å². The third-order valence-corrected chi connectivity index (χ3v) is 0. The Bertz CT molecular complexity index is 46.0. The molecule has 0 rings (SSSR count). The Balaban J connectivity index is -0.0000000192. The van der Waals surface area contributed by atoms with E-state index in [0.717, 1.165) is 0 Å². The maximum atomic E-state index is 9.72. The molecular weight excluding hydrogens is 237 g/mol. The van der Waals surface area contributed by atoms with Crippen LogP contribution in [0.25, 0.3) is 0 Å². The van der Waals surface area contributed by atoms with E-state index in [2.05, 4.69) is 0 Å². The third kappa shape index (κ3) is 32900. The summed E-state index contributed by atoms with van der Waals surface area (Å²) in [6.07, 6.45) is 0. The van der Waals surface area contributed by atoms with E-state index in [-0.39, 0.29) is 12.8 Å². The van der Waals surface area contributed by atoms with Crippen LogP contribution in [0.1, 0.15) is 6.92 Å². The molecule has 0 unspecified atom stereocenters. The second kappa shape index (κ2) is 124. The van der Waals surface area contributed by atoms with Gasteiger partial charge in [0.15, 0.2) is 0 Å². The maximum Gasteiger partial charge on any atom is 0.532 e. The topological polar surface area (TPSA) is 136 Å². The minimum Gasteiger partial charge on any atom is -0.426 e. The van der Waals surface area contributed by atoms with E-state index in [0.29, 0.717) is 0 Å². The predicted molar refractivity (Wildman–Crippen MR) is 54.1 cm³/mol. The number of aliphatic hydroxyl groups excluding tert-OH is 1. The molecule has 0 bridgehead atoms. The molecule has 0 spiro atoms. The van der Waals surface area contributed by atoms with Crippen molar-refractivity contribution in [1.29, 1.82) is 0 Å². The largest absolute Gasteiger partial charge is 0.532 e. The molecule has 0 atom stereocenters. The molecule has 0 aliphatic rings. The van der Waals surface area contributed by atoms with Gasteiger partial charge in [-0.15, -0.1) is 0 Å². The molecule has 0 saturated heterocycles. The van der Waals surface area contributed by atoms with Crippen molar-refractivity contribution in [1.82, 2.24) is 6.15 Å². The van der Waals surface area contributed by atoms with Gasteiger partial charge in [-0.1, -0.05) is 0 Å². The van der Waals surface area contributed by atoms with Crippen LogP contribution in [0.3, 0.4) is 0 Å². The summed E-state index contributed by atoms with van der Waals surface area (Å²) in [5.74, 6) is 0. The SMILES string of the molecule is CCO.N.O[B]F.O[B]F.O[B]F.O[B]F. The summed E-state index contributed by atoms with van der Waals surface area (Å²) in [4.78, 5) is 0. The van der Waals surface area contributed by atoms with Gasteiger partial charge in [0.2, 0.25) is 0 Å². The molecule has 96 valence electrons. The first-order valence-electron chi connectivity index (χ1n) is 2.93. The van der Waals surface area contributed by atoms with Crippen molar-refractivity contribution >= 4 is 31.0 Å². The lowest BCUT2D eigenvalue weighted by molar-refractivity contribution is 0.318. The molecule has 0 heterocycles. The van der Waals surface area contributed by atoms with E-state index in [9.17, 15) is 17.3 Å². The zero-order chi connectivity index (χ0) is 13.5. The molecule has 0 aliphatic heterocycles. The van der Waals surface area contributed by atoms with Crippen LogP contribution in [0, 0.1) is 0 Å². The molecule has 0 aromatic heterocycles. The summed E-state index contributed by atoms with van der Waals surface area (Å²) < 4.78 is 38.9. The van der Waals surface area contributed by atoms with Gasteiger partial charge < -0.3 is 31.4 Å². The fraction of sp³-hybridized carbons (Fsp3) is 1.00.